The zero-order valence-electron chi connectivity index (χ0n) is 10.7. The number of hydrogen-bond donors (Lipinski definition) is 0. The second kappa shape index (κ2) is 4.71. The van der Waals surface area contributed by atoms with Crippen LogP contribution in [0.5, 0.6) is 0 Å². The molecule has 3 atom stereocenters. The first-order valence-corrected chi connectivity index (χ1v) is 7.45. The Labute approximate surface area is 108 Å². The van der Waals surface area contributed by atoms with Gasteiger partial charge in [-0.15, -0.1) is 11.3 Å². The number of thiophene rings is 1. The minimum absolute atomic E-state index is 0.480. The summed E-state index contributed by atoms with van der Waals surface area (Å²) in [5.41, 5.74) is 0. The van der Waals surface area contributed by atoms with E-state index in [2.05, 4.69) is 30.9 Å². The number of aryl methyl sites for hydroxylation is 1. The minimum Gasteiger partial charge on any atom is -0.374 e. The van der Waals surface area contributed by atoms with Crippen molar-refractivity contribution in [1.29, 1.82) is 0 Å². The van der Waals surface area contributed by atoms with E-state index in [4.69, 9.17) is 4.74 Å². The average molecular weight is 251 g/mol. The van der Waals surface area contributed by atoms with E-state index in [0.717, 1.165) is 19.0 Å². The number of nitrogens with zero attached hydrogens (tertiary/aromatic N) is 1. The van der Waals surface area contributed by atoms with E-state index < -0.39 is 0 Å². The molecule has 0 bridgehead atoms. The van der Waals surface area contributed by atoms with Gasteiger partial charge < -0.3 is 4.74 Å². The molecule has 1 aromatic rings. The summed E-state index contributed by atoms with van der Waals surface area (Å²) >= 11 is 1.92. The molecule has 3 heterocycles. The van der Waals surface area contributed by atoms with E-state index in [-0.39, 0.29) is 0 Å². The third-order valence-electron chi connectivity index (χ3n) is 4.00. The lowest BCUT2D eigenvalue weighted by atomic mass is 9.92. The number of hydrogen-bond acceptors (Lipinski definition) is 3. The van der Waals surface area contributed by atoms with Crippen molar-refractivity contribution in [2.75, 3.05) is 13.1 Å². The predicted molar refractivity (Wildman–Crippen MR) is 71.4 cm³/mol. The molecular weight excluding hydrogens is 230 g/mol. The summed E-state index contributed by atoms with van der Waals surface area (Å²) in [6, 6.07) is 4.49. The Hall–Kier alpha value is -0.380. The molecule has 2 aliphatic rings. The van der Waals surface area contributed by atoms with Crippen molar-refractivity contribution in [2.24, 2.45) is 5.92 Å². The predicted octanol–water partition coefficient (Wildman–Crippen LogP) is 3.06. The lowest BCUT2D eigenvalue weighted by Gasteiger charge is -2.33. The molecule has 3 rings (SSSR count). The SMILES string of the molecule is Cc1ccc(CN2CC[C@@H]3C[C@@H](C)O[C@H]3C2)s1. The van der Waals surface area contributed by atoms with E-state index in [9.17, 15) is 0 Å². The summed E-state index contributed by atoms with van der Waals surface area (Å²) in [5.74, 6) is 0.825. The highest BCUT2D eigenvalue weighted by molar-refractivity contribution is 7.11. The van der Waals surface area contributed by atoms with E-state index >= 15 is 0 Å². The van der Waals surface area contributed by atoms with Crippen LogP contribution in [-0.4, -0.2) is 30.2 Å². The molecule has 0 amide bonds. The van der Waals surface area contributed by atoms with Gasteiger partial charge in [0, 0.05) is 22.8 Å². The first-order chi connectivity index (χ1) is 8.20. The van der Waals surface area contributed by atoms with Crippen LogP contribution in [0.4, 0.5) is 0 Å². The van der Waals surface area contributed by atoms with Crippen LogP contribution < -0.4 is 0 Å². The molecule has 0 unspecified atom stereocenters. The standard InChI is InChI=1S/C14H21NOS/c1-10-7-12-5-6-15(9-14(12)16-10)8-13-4-3-11(2)17-13/h3-4,10,12,14H,5-9H2,1-2H3/t10-,12-,14+/m1/s1. The molecule has 2 saturated heterocycles. The molecule has 0 N–H and O–H groups in total. The number of likely N-dealkylation sites (tertiary alicyclic amines) is 1. The summed E-state index contributed by atoms with van der Waals surface area (Å²) < 4.78 is 6.00. The number of ether oxygens (including phenoxy) is 1. The van der Waals surface area contributed by atoms with Gasteiger partial charge in [0.15, 0.2) is 0 Å². The molecule has 3 heteroatoms. The van der Waals surface area contributed by atoms with Crippen LogP contribution in [0, 0.1) is 12.8 Å². The van der Waals surface area contributed by atoms with Crippen LogP contribution in [0.1, 0.15) is 29.5 Å². The molecule has 2 fully saturated rings. The van der Waals surface area contributed by atoms with Crippen molar-refractivity contribution < 1.29 is 4.74 Å². The van der Waals surface area contributed by atoms with Gasteiger partial charge in [-0.1, -0.05) is 0 Å². The van der Waals surface area contributed by atoms with Crippen LogP contribution in [0.2, 0.25) is 0 Å². The smallest absolute Gasteiger partial charge is 0.0735 e. The zero-order valence-corrected chi connectivity index (χ0v) is 11.5. The normalized spacial score (nSPS) is 33.9. The molecule has 17 heavy (non-hydrogen) atoms. The summed E-state index contributed by atoms with van der Waals surface area (Å²) in [5, 5.41) is 0. The highest BCUT2D eigenvalue weighted by Gasteiger charge is 2.37. The van der Waals surface area contributed by atoms with Crippen molar-refractivity contribution >= 4 is 11.3 Å². The zero-order chi connectivity index (χ0) is 11.8. The Morgan fingerprint density at radius 3 is 3.12 bits per heavy atom. The third-order valence-corrected chi connectivity index (χ3v) is 4.98. The molecule has 0 aliphatic carbocycles. The van der Waals surface area contributed by atoms with Crippen molar-refractivity contribution in [3.63, 3.8) is 0 Å². The molecular formula is C14H21NOS. The Morgan fingerprint density at radius 2 is 2.35 bits per heavy atom. The minimum atomic E-state index is 0.480. The van der Waals surface area contributed by atoms with E-state index in [1.54, 1.807) is 0 Å². The molecule has 0 spiro atoms. The van der Waals surface area contributed by atoms with Gasteiger partial charge in [-0.25, -0.2) is 0 Å². The Balaban J connectivity index is 1.59. The van der Waals surface area contributed by atoms with Gasteiger partial charge in [-0.2, -0.15) is 0 Å². The Kier molecular flexibility index (Phi) is 3.24. The Morgan fingerprint density at radius 1 is 1.47 bits per heavy atom. The lowest BCUT2D eigenvalue weighted by molar-refractivity contribution is -0.00251. The van der Waals surface area contributed by atoms with Crippen molar-refractivity contribution in [2.45, 2.75) is 45.4 Å². The molecule has 1 aromatic heterocycles. The third kappa shape index (κ3) is 2.56. The van der Waals surface area contributed by atoms with Crippen molar-refractivity contribution in [3.8, 4) is 0 Å². The van der Waals surface area contributed by atoms with Gasteiger partial charge in [0.05, 0.1) is 12.2 Å². The average Bonchev–Trinajstić information content (AvgIpc) is 2.83. The van der Waals surface area contributed by atoms with Gasteiger partial charge in [-0.3, -0.25) is 4.90 Å². The molecule has 0 aromatic carbocycles. The quantitative estimate of drug-likeness (QED) is 0.801. The summed E-state index contributed by atoms with van der Waals surface area (Å²) in [4.78, 5) is 5.47. The first kappa shape index (κ1) is 11.7. The fourth-order valence-corrected chi connectivity index (χ4v) is 4.10. The largest absolute Gasteiger partial charge is 0.374 e. The topological polar surface area (TPSA) is 12.5 Å². The maximum absolute atomic E-state index is 6.00. The van der Waals surface area contributed by atoms with Crippen molar-refractivity contribution in [3.05, 3.63) is 21.9 Å². The number of piperidine rings is 1. The van der Waals surface area contributed by atoms with Gasteiger partial charge in [0.2, 0.25) is 0 Å². The van der Waals surface area contributed by atoms with Crippen LogP contribution in [0.25, 0.3) is 0 Å². The molecule has 2 nitrogen and oxygen atoms in total. The fourth-order valence-electron chi connectivity index (χ4n) is 3.17. The highest BCUT2D eigenvalue weighted by Crippen LogP contribution is 2.33. The van der Waals surface area contributed by atoms with E-state index in [0.29, 0.717) is 12.2 Å². The van der Waals surface area contributed by atoms with E-state index in [1.807, 2.05) is 11.3 Å². The van der Waals surface area contributed by atoms with Gasteiger partial charge >= 0.3 is 0 Å². The maximum Gasteiger partial charge on any atom is 0.0735 e. The van der Waals surface area contributed by atoms with Crippen molar-refractivity contribution in [1.82, 2.24) is 4.90 Å². The lowest BCUT2D eigenvalue weighted by Crippen LogP contribution is -2.41. The summed E-state index contributed by atoms with van der Waals surface area (Å²) in [6.07, 6.45) is 3.57. The van der Waals surface area contributed by atoms with Crippen LogP contribution in [-0.2, 0) is 11.3 Å². The Bertz CT molecular complexity index is 389. The number of fused-ring (bicyclic) bond motifs is 1. The van der Waals surface area contributed by atoms with Gasteiger partial charge in [-0.05, 0) is 51.3 Å². The van der Waals surface area contributed by atoms with Crippen LogP contribution in [0.15, 0.2) is 12.1 Å². The van der Waals surface area contributed by atoms with Crippen LogP contribution in [0.3, 0.4) is 0 Å². The second-order valence-corrected chi connectivity index (χ2v) is 6.89. The maximum atomic E-state index is 6.00. The fraction of sp³-hybridized carbons (Fsp3) is 0.714. The van der Waals surface area contributed by atoms with Gasteiger partial charge in [0.25, 0.3) is 0 Å². The van der Waals surface area contributed by atoms with E-state index in [1.165, 1.54) is 29.1 Å². The summed E-state index contributed by atoms with van der Waals surface area (Å²) in [6.45, 7) is 7.88. The molecule has 0 radical (unpaired) electrons. The molecule has 94 valence electrons. The second-order valence-electron chi connectivity index (χ2n) is 5.52. The first-order valence-electron chi connectivity index (χ1n) is 6.64. The highest BCUT2D eigenvalue weighted by atomic mass is 32.1. The van der Waals surface area contributed by atoms with Gasteiger partial charge in [0.1, 0.15) is 0 Å². The summed E-state index contributed by atoms with van der Waals surface area (Å²) in [7, 11) is 0. The monoisotopic (exact) mass is 251 g/mol. The van der Waals surface area contributed by atoms with Crippen LogP contribution >= 0.6 is 11.3 Å². The number of rotatable bonds is 2. The molecule has 2 aliphatic heterocycles. The molecule has 0 saturated carbocycles.